The fourth-order valence-corrected chi connectivity index (χ4v) is 1.70. The molecule has 6 heteroatoms. The molecule has 1 heterocycles. The summed E-state index contributed by atoms with van der Waals surface area (Å²) in [5, 5.41) is 4.78. The molecular formula is C13H17N3O3. The minimum Gasteiger partial charge on any atom is -0.495 e. The van der Waals surface area contributed by atoms with Crippen molar-refractivity contribution >= 4 is 22.7 Å². The van der Waals surface area contributed by atoms with E-state index in [0.29, 0.717) is 17.0 Å². The highest BCUT2D eigenvalue weighted by Gasteiger charge is 2.20. The Morgan fingerprint density at radius 1 is 1.37 bits per heavy atom. The number of fused-ring (bicyclic) bond motifs is 1. The van der Waals surface area contributed by atoms with Gasteiger partial charge in [0, 0.05) is 11.5 Å². The molecule has 1 aromatic carbocycles. The summed E-state index contributed by atoms with van der Waals surface area (Å²) in [6.45, 7) is 5.40. The van der Waals surface area contributed by atoms with Gasteiger partial charge in [-0.3, -0.25) is 0 Å². The number of ether oxygens (including phenoxy) is 2. The molecule has 0 aliphatic rings. The van der Waals surface area contributed by atoms with Crippen LogP contribution in [0.2, 0.25) is 0 Å². The first-order valence-corrected chi connectivity index (χ1v) is 5.86. The van der Waals surface area contributed by atoms with Crippen molar-refractivity contribution < 1.29 is 14.3 Å². The molecule has 0 saturated heterocycles. The van der Waals surface area contributed by atoms with Crippen LogP contribution in [0.3, 0.4) is 0 Å². The Hall–Kier alpha value is -2.24. The number of nitrogens with two attached hydrogens (primary N) is 1. The molecule has 0 aliphatic heterocycles. The van der Waals surface area contributed by atoms with Crippen molar-refractivity contribution in [1.82, 2.24) is 9.78 Å². The maximum Gasteiger partial charge on any atom is 0.435 e. The van der Waals surface area contributed by atoms with Crippen LogP contribution in [0, 0.1) is 0 Å². The number of benzene rings is 1. The average molecular weight is 263 g/mol. The summed E-state index contributed by atoms with van der Waals surface area (Å²) in [7, 11) is 1.52. The van der Waals surface area contributed by atoms with Crippen LogP contribution in [0.15, 0.2) is 18.3 Å². The third kappa shape index (κ3) is 2.62. The number of carbonyl (C=O) groups excluding carboxylic acids is 1. The number of anilines is 1. The first kappa shape index (κ1) is 13.2. The minimum atomic E-state index is -0.576. The number of hydrogen-bond donors (Lipinski definition) is 1. The lowest BCUT2D eigenvalue weighted by atomic mass is 10.2. The maximum atomic E-state index is 12.0. The van der Waals surface area contributed by atoms with E-state index in [2.05, 4.69) is 5.10 Å². The van der Waals surface area contributed by atoms with E-state index in [9.17, 15) is 4.79 Å². The topological polar surface area (TPSA) is 79.4 Å². The smallest absolute Gasteiger partial charge is 0.435 e. The van der Waals surface area contributed by atoms with Gasteiger partial charge in [0.15, 0.2) is 0 Å². The standard InChI is InChI=1S/C13H17N3O3/c1-13(2,3)19-12(17)16-10-6-11(18-4)9(14)5-8(10)7-15-16/h5-7H,14H2,1-4H3. The largest absolute Gasteiger partial charge is 0.495 e. The molecule has 0 fully saturated rings. The number of nitrogen functional groups attached to an aromatic ring is 1. The molecule has 2 N–H and O–H groups in total. The van der Waals surface area contributed by atoms with E-state index in [1.807, 2.05) is 0 Å². The van der Waals surface area contributed by atoms with E-state index in [1.165, 1.54) is 11.8 Å². The summed E-state index contributed by atoms with van der Waals surface area (Å²) in [6.07, 6.45) is 1.03. The molecule has 0 radical (unpaired) electrons. The van der Waals surface area contributed by atoms with Gasteiger partial charge in [0.05, 0.1) is 24.5 Å². The number of rotatable bonds is 1. The monoisotopic (exact) mass is 263 g/mol. The lowest BCUT2D eigenvalue weighted by Crippen LogP contribution is -2.27. The Balaban J connectivity index is 2.47. The molecular weight excluding hydrogens is 246 g/mol. The van der Waals surface area contributed by atoms with Crippen LogP contribution >= 0.6 is 0 Å². The van der Waals surface area contributed by atoms with Gasteiger partial charge in [0.25, 0.3) is 0 Å². The second-order valence-corrected chi connectivity index (χ2v) is 5.19. The summed E-state index contributed by atoms with van der Waals surface area (Å²) in [4.78, 5) is 12.0. The summed E-state index contributed by atoms with van der Waals surface area (Å²) in [5.41, 5.74) is 6.33. The van der Waals surface area contributed by atoms with E-state index in [4.69, 9.17) is 15.2 Å². The first-order chi connectivity index (χ1) is 8.81. The number of carbonyl (C=O) groups is 1. The zero-order valence-electron chi connectivity index (χ0n) is 11.4. The highest BCUT2D eigenvalue weighted by Crippen LogP contribution is 2.28. The average Bonchev–Trinajstić information content (AvgIpc) is 2.68. The molecule has 0 aliphatic carbocycles. The van der Waals surface area contributed by atoms with Crippen LogP contribution in [0.4, 0.5) is 10.5 Å². The fraction of sp³-hybridized carbons (Fsp3) is 0.385. The molecule has 0 atom stereocenters. The fourth-order valence-electron chi connectivity index (χ4n) is 1.70. The Kier molecular flexibility index (Phi) is 3.09. The third-order valence-corrected chi connectivity index (χ3v) is 2.49. The molecule has 0 saturated carbocycles. The van der Waals surface area contributed by atoms with Gasteiger partial charge in [-0.2, -0.15) is 9.78 Å². The van der Waals surface area contributed by atoms with Gasteiger partial charge in [-0.05, 0) is 26.8 Å². The third-order valence-electron chi connectivity index (χ3n) is 2.49. The van der Waals surface area contributed by atoms with E-state index >= 15 is 0 Å². The van der Waals surface area contributed by atoms with Crippen molar-refractivity contribution in [2.75, 3.05) is 12.8 Å². The number of aromatic nitrogens is 2. The van der Waals surface area contributed by atoms with Gasteiger partial charge in [-0.25, -0.2) is 4.79 Å². The van der Waals surface area contributed by atoms with Crippen molar-refractivity contribution in [2.24, 2.45) is 0 Å². The first-order valence-electron chi connectivity index (χ1n) is 5.86. The van der Waals surface area contributed by atoms with Crippen LogP contribution in [0.1, 0.15) is 20.8 Å². The van der Waals surface area contributed by atoms with Gasteiger partial charge in [-0.15, -0.1) is 0 Å². The van der Waals surface area contributed by atoms with E-state index in [0.717, 1.165) is 5.39 Å². The lowest BCUT2D eigenvalue weighted by molar-refractivity contribution is 0.0523. The van der Waals surface area contributed by atoms with E-state index in [-0.39, 0.29) is 0 Å². The van der Waals surface area contributed by atoms with Crippen molar-refractivity contribution in [3.63, 3.8) is 0 Å². The van der Waals surface area contributed by atoms with Crippen LogP contribution in [-0.4, -0.2) is 28.6 Å². The molecule has 6 nitrogen and oxygen atoms in total. The number of nitrogens with zero attached hydrogens (tertiary/aromatic N) is 2. The predicted molar refractivity (Wildman–Crippen MR) is 72.3 cm³/mol. The summed E-state index contributed by atoms with van der Waals surface area (Å²) in [6, 6.07) is 3.38. The molecule has 19 heavy (non-hydrogen) atoms. The molecule has 0 spiro atoms. The molecule has 2 rings (SSSR count). The van der Waals surface area contributed by atoms with Crippen molar-refractivity contribution in [3.8, 4) is 5.75 Å². The lowest BCUT2D eigenvalue weighted by Gasteiger charge is -2.19. The Morgan fingerprint density at radius 2 is 2.05 bits per heavy atom. The van der Waals surface area contributed by atoms with Crippen molar-refractivity contribution in [2.45, 2.75) is 26.4 Å². The molecule has 1 aromatic heterocycles. The number of methoxy groups -OCH3 is 1. The Labute approximate surface area is 111 Å². The molecule has 2 aromatic rings. The Bertz CT molecular complexity index is 626. The quantitative estimate of drug-likeness (QED) is 0.799. The summed E-state index contributed by atoms with van der Waals surface area (Å²) >= 11 is 0. The minimum absolute atomic E-state index is 0.498. The maximum absolute atomic E-state index is 12.0. The van der Waals surface area contributed by atoms with Crippen LogP contribution in [0.25, 0.3) is 10.9 Å². The Morgan fingerprint density at radius 3 is 2.63 bits per heavy atom. The van der Waals surface area contributed by atoms with Gasteiger partial charge >= 0.3 is 6.09 Å². The summed E-state index contributed by atoms with van der Waals surface area (Å²) in [5.74, 6) is 0.498. The second-order valence-electron chi connectivity index (χ2n) is 5.19. The van der Waals surface area contributed by atoms with Gasteiger partial charge in [0.1, 0.15) is 11.4 Å². The zero-order chi connectivity index (χ0) is 14.2. The second kappa shape index (κ2) is 4.46. The highest BCUT2D eigenvalue weighted by atomic mass is 16.6. The molecule has 0 amide bonds. The van der Waals surface area contributed by atoms with E-state index in [1.54, 1.807) is 39.1 Å². The molecule has 0 bridgehead atoms. The predicted octanol–water partition coefficient (Wildman–Crippen LogP) is 2.41. The zero-order valence-corrected chi connectivity index (χ0v) is 11.4. The highest BCUT2D eigenvalue weighted by molar-refractivity contribution is 5.91. The van der Waals surface area contributed by atoms with Crippen molar-refractivity contribution in [1.29, 1.82) is 0 Å². The molecule has 102 valence electrons. The van der Waals surface area contributed by atoms with Gasteiger partial charge in [0.2, 0.25) is 0 Å². The van der Waals surface area contributed by atoms with Crippen LogP contribution < -0.4 is 10.5 Å². The van der Waals surface area contributed by atoms with E-state index < -0.39 is 11.7 Å². The van der Waals surface area contributed by atoms with Crippen molar-refractivity contribution in [3.05, 3.63) is 18.3 Å². The van der Waals surface area contributed by atoms with Crippen LogP contribution in [-0.2, 0) is 4.74 Å². The van der Waals surface area contributed by atoms with Gasteiger partial charge < -0.3 is 15.2 Å². The van der Waals surface area contributed by atoms with Gasteiger partial charge in [-0.1, -0.05) is 0 Å². The number of hydrogen-bond acceptors (Lipinski definition) is 5. The van der Waals surface area contributed by atoms with Crippen LogP contribution in [0.5, 0.6) is 5.75 Å². The molecule has 0 unspecified atom stereocenters. The summed E-state index contributed by atoms with van der Waals surface area (Å²) < 4.78 is 11.6. The normalized spacial score (nSPS) is 11.6. The SMILES string of the molecule is COc1cc2c(cnn2C(=O)OC(C)(C)C)cc1N.